The molecule has 68 valence electrons. The van der Waals surface area contributed by atoms with Crippen molar-refractivity contribution < 1.29 is 4.79 Å². The van der Waals surface area contributed by atoms with Crippen LogP contribution in [0.25, 0.3) is 0 Å². The third-order valence-electron chi connectivity index (χ3n) is 1.80. The van der Waals surface area contributed by atoms with Gasteiger partial charge in [0.25, 0.3) is 0 Å². The first-order valence-electron chi connectivity index (χ1n) is 4.57. The van der Waals surface area contributed by atoms with Crippen LogP contribution in [0, 0.1) is 11.8 Å². The third-order valence-corrected chi connectivity index (χ3v) is 1.80. The highest BCUT2D eigenvalue weighted by atomic mass is 16.1. The molecule has 0 heterocycles. The molecule has 0 atom stereocenters. The van der Waals surface area contributed by atoms with Crippen LogP contribution in [0.1, 0.15) is 33.1 Å². The molecular formula is C12H14O. The van der Waals surface area contributed by atoms with Crippen LogP contribution in [0.3, 0.4) is 0 Å². The normalized spacial score (nSPS) is 15.5. The van der Waals surface area contributed by atoms with E-state index < -0.39 is 0 Å². The predicted octanol–water partition coefficient (Wildman–Crippen LogP) is 2.64. The maximum atomic E-state index is 11.0. The topological polar surface area (TPSA) is 17.1 Å². The first-order chi connectivity index (χ1) is 6.18. The van der Waals surface area contributed by atoms with Gasteiger partial charge in [0.15, 0.2) is 5.78 Å². The molecule has 0 saturated carbocycles. The summed E-state index contributed by atoms with van der Waals surface area (Å²) in [6.07, 6.45) is 6.15. The van der Waals surface area contributed by atoms with E-state index in [1.54, 1.807) is 6.08 Å². The number of hydrogen-bond acceptors (Lipinski definition) is 1. The van der Waals surface area contributed by atoms with Crippen LogP contribution in [-0.4, -0.2) is 5.78 Å². The average Bonchev–Trinajstić information content (AvgIpc) is 2.03. The highest BCUT2D eigenvalue weighted by Gasteiger charge is 2.06. The standard InChI is InChI=1S/C12H14O/c1-10(2)5-3-6-11-7-4-8-12(13)9-11/h5,9H,4,7-8H2,1-2H3. The lowest BCUT2D eigenvalue weighted by molar-refractivity contribution is -0.115. The van der Waals surface area contributed by atoms with Crippen molar-refractivity contribution in [2.24, 2.45) is 0 Å². The molecule has 0 bridgehead atoms. The summed E-state index contributed by atoms with van der Waals surface area (Å²) in [7, 11) is 0. The molecule has 0 radical (unpaired) electrons. The fourth-order valence-corrected chi connectivity index (χ4v) is 1.16. The summed E-state index contributed by atoms with van der Waals surface area (Å²) < 4.78 is 0. The molecule has 0 amide bonds. The molecule has 0 fully saturated rings. The van der Waals surface area contributed by atoms with Crippen molar-refractivity contribution in [1.82, 2.24) is 0 Å². The molecule has 1 heteroatoms. The van der Waals surface area contributed by atoms with Crippen LogP contribution in [0.4, 0.5) is 0 Å². The van der Waals surface area contributed by atoms with Gasteiger partial charge < -0.3 is 0 Å². The Morgan fingerprint density at radius 2 is 2.23 bits per heavy atom. The van der Waals surface area contributed by atoms with Gasteiger partial charge in [0.1, 0.15) is 0 Å². The fraction of sp³-hybridized carbons (Fsp3) is 0.417. The van der Waals surface area contributed by atoms with E-state index in [-0.39, 0.29) is 5.78 Å². The SMILES string of the molecule is CC(C)=CC#CC1=CC(=O)CCC1. The maximum Gasteiger partial charge on any atom is 0.156 e. The van der Waals surface area contributed by atoms with Gasteiger partial charge in [0.05, 0.1) is 0 Å². The summed E-state index contributed by atoms with van der Waals surface area (Å²) in [5.41, 5.74) is 2.17. The highest BCUT2D eigenvalue weighted by Crippen LogP contribution is 2.13. The Morgan fingerprint density at radius 1 is 1.46 bits per heavy atom. The minimum absolute atomic E-state index is 0.216. The lowest BCUT2D eigenvalue weighted by Gasteiger charge is -2.04. The molecule has 0 aromatic rings. The second-order valence-corrected chi connectivity index (χ2v) is 3.48. The molecule has 0 aromatic carbocycles. The van der Waals surface area contributed by atoms with E-state index in [2.05, 4.69) is 11.8 Å². The summed E-state index contributed by atoms with van der Waals surface area (Å²) in [5.74, 6) is 6.16. The first-order valence-corrected chi connectivity index (χ1v) is 4.57. The summed E-state index contributed by atoms with van der Waals surface area (Å²) in [6.45, 7) is 4.02. The monoisotopic (exact) mass is 174 g/mol. The van der Waals surface area contributed by atoms with Gasteiger partial charge in [-0.2, -0.15) is 0 Å². The predicted molar refractivity (Wildman–Crippen MR) is 54.1 cm³/mol. The Labute approximate surface area is 79.5 Å². The second-order valence-electron chi connectivity index (χ2n) is 3.48. The Hall–Kier alpha value is -1.29. The van der Waals surface area contributed by atoms with Crippen molar-refractivity contribution in [2.75, 3.05) is 0 Å². The van der Waals surface area contributed by atoms with Gasteiger partial charge >= 0.3 is 0 Å². The smallest absolute Gasteiger partial charge is 0.156 e. The molecule has 1 aliphatic carbocycles. The van der Waals surface area contributed by atoms with E-state index >= 15 is 0 Å². The third kappa shape index (κ3) is 3.75. The molecule has 13 heavy (non-hydrogen) atoms. The summed E-state index contributed by atoms with van der Waals surface area (Å²) in [5, 5.41) is 0. The highest BCUT2D eigenvalue weighted by molar-refractivity contribution is 5.91. The van der Waals surface area contributed by atoms with Gasteiger partial charge in [0.2, 0.25) is 0 Å². The summed E-state index contributed by atoms with van der Waals surface area (Å²) in [4.78, 5) is 11.0. The van der Waals surface area contributed by atoms with Crippen LogP contribution < -0.4 is 0 Å². The van der Waals surface area contributed by atoms with Crippen molar-refractivity contribution in [3.63, 3.8) is 0 Å². The lowest BCUT2D eigenvalue weighted by atomic mass is 9.99. The van der Waals surface area contributed by atoms with Crippen molar-refractivity contribution in [1.29, 1.82) is 0 Å². The number of ketones is 1. The van der Waals surface area contributed by atoms with E-state index in [9.17, 15) is 4.79 Å². The number of carbonyl (C=O) groups excluding carboxylic acids is 1. The zero-order valence-electron chi connectivity index (χ0n) is 8.18. The van der Waals surface area contributed by atoms with Crippen LogP contribution in [-0.2, 0) is 4.79 Å². The van der Waals surface area contributed by atoms with E-state index in [1.165, 1.54) is 5.57 Å². The summed E-state index contributed by atoms with van der Waals surface area (Å²) in [6, 6.07) is 0. The number of hydrogen-bond donors (Lipinski definition) is 0. The molecule has 0 aliphatic heterocycles. The van der Waals surface area contributed by atoms with Crippen LogP contribution >= 0.6 is 0 Å². The summed E-state index contributed by atoms with van der Waals surface area (Å²) >= 11 is 0. The maximum absolute atomic E-state index is 11.0. The van der Waals surface area contributed by atoms with Crippen LogP contribution in [0.5, 0.6) is 0 Å². The molecule has 0 saturated heterocycles. The number of allylic oxidation sites excluding steroid dienone is 4. The van der Waals surface area contributed by atoms with Gasteiger partial charge in [-0.1, -0.05) is 17.4 Å². The van der Waals surface area contributed by atoms with Gasteiger partial charge in [-0.25, -0.2) is 0 Å². The molecule has 0 N–H and O–H groups in total. The molecule has 0 spiro atoms. The number of rotatable bonds is 0. The van der Waals surface area contributed by atoms with Crippen molar-refractivity contribution in [3.05, 3.63) is 23.3 Å². The Bertz CT molecular complexity index is 317. The zero-order chi connectivity index (χ0) is 9.68. The molecular weight excluding hydrogens is 160 g/mol. The van der Waals surface area contributed by atoms with Crippen molar-refractivity contribution in [3.8, 4) is 11.8 Å². The van der Waals surface area contributed by atoms with Gasteiger partial charge in [-0.05, 0) is 38.8 Å². The average molecular weight is 174 g/mol. The first kappa shape index (κ1) is 9.80. The quantitative estimate of drug-likeness (QED) is 0.516. The van der Waals surface area contributed by atoms with E-state index in [4.69, 9.17) is 0 Å². The minimum atomic E-state index is 0.216. The number of carbonyl (C=O) groups is 1. The van der Waals surface area contributed by atoms with Crippen molar-refractivity contribution >= 4 is 5.78 Å². The van der Waals surface area contributed by atoms with E-state index in [0.29, 0.717) is 6.42 Å². The van der Waals surface area contributed by atoms with Gasteiger partial charge in [-0.3, -0.25) is 4.79 Å². The Balaban J connectivity index is 2.66. The molecule has 0 aromatic heterocycles. The van der Waals surface area contributed by atoms with Crippen LogP contribution in [0.15, 0.2) is 23.3 Å². The lowest BCUT2D eigenvalue weighted by Crippen LogP contribution is -2.00. The van der Waals surface area contributed by atoms with E-state index in [1.807, 2.05) is 19.9 Å². The fourth-order valence-electron chi connectivity index (χ4n) is 1.16. The van der Waals surface area contributed by atoms with E-state index in [0.717, 1.165) is 18.4 Å². The van der Waals surface area contributed by atoms with Crippen molar-refractivity contribution in [2.45, 2.75) is 33.1 Å². The molecule has 1 nitrogen and oxygen atoms in total. The van der Waals surface area contributed by atoms with Crippen LogP contribution in [0.2, 0.25) is 0 Å². The van der Waals surface area contributed by atoms with Gasteiger partial charge in [0, 0.05) is 12.0 Å². The van der Waals surface area contributed by atoms with Gasteiger partial charge in [-0.15, -0.1) is 0 Å². The largest absolute Gasteiger partial charge is 0.295 e. The minimum Gasteiger partial charge on any atom is -0.295 e. The zero-order valence-corrected chi connectivity index (χ0v) is 8.18. The molecule has 0 unspecified atom stereocenters. The Kier molecular flexibility index (Phi) is 3.52. The molecule has 1 rings (SSSR count). The Morgan fingerprint density at radius 3 is 2.85 bits per heavy atom. The second kappa shape index (κ2) is 4.67. The molecule has 1 aliphatic rings.